The van der Waals surface area contributed by atoms with Gasteiger partial charge in [0.1, 0.15) is 55.4 Å². The molecule has 0 amide bonds. The van der Waals surface area contributed by atoms with Crippen LogP contribution < -0.4 is 0 Å². The molecule has 15 heteroatoms. The maximum atomic E-state index is 12.7. The second-order valence-corrected chi connectivity index (χ2v) is 13.4. The highest BCUT2D eigenvalue weighted by molar-refractivity contribution is 5.70. The average molecular weight is 725 g/mol. The van der Waals surface area contributed by atoms with Crippen LogP contribution in [-0.4, -0.2) is 142 Å². The largest absolute Gasteiger partial charge is 0.462 e. The first kappa shape index (κ1) is 44.7. The highest BCUT2D eigenvalue weighted by atomic mass is 16.7. The summed E-state index contributed by atoms with van der Waals surface area (Å²) in [6.07, 6.45) is -1.19. The summed E-state index contributed by atoms with van der Waals surface area (Å²) in [5, 5.41) is 71.1. The second-order valence-electron chi connectivity index (χ2n) is 13.4. The van der Waals surface area contributed by atoms with Crippen molar-refractivity contribution in [3.63, 3.8) is 0 Å². The summed E-state index contributed by atoms with van der Waals surface area (Å²) in [6.45, 7) is 2.27. The molecule has 2 fully saturated rings. The van der Waals surface area contributed by atoms with Crippen LogP contribution in [0.2, 0.25) is 0 Å². The zero-order valence-electron chi connectivity index (χ0n) is 29.9. The van der Waals surface area contributed by atoms with Crippen molar-refractivity contribution in [2.45, 2.75) is 184 Å². The van der Waals surface area contributed by atoms with E-state index in [4.69, 9.17) is 28.4 Å². The van der Waals surface area contributed by atoms with Gasteiger partial charge in [-0.3, -0.25) is 9.59 Å². The Bertz CT molecular complexity index is 907. The van der Waals surface area contributed by atoms with Gasteiger partial charge in [-0.05, 0) is 12.8 Å². The minimum absolute atomic E-state index is 0.169. The molecule has 0 aromatic rings. The Hall–Kier alpha value is -1.50. The van der Waals surface area contributed by atoms with Gasteiger partial charge in [0, 0.05) is 12.8 Å². The van der Waals surface area contributed by atoms with Gasteiger partial charge in [0.05, 0.1) is 19.8 Å². The Morgan fingerprint density at radius 1 is 0.560 bits per heavy atom. The monoisotopic (exact) mass is 724 g/mol. The van der Waals surface area contributed by atoms with Gasteiger partial charge in [0.25, 0.3) is 0 Å². The van der Waals surface area contributed by atoms with E-state index in [2.05, 4.69) is 6.92 Å². The number of carbonyl (C=O) groups excluding carboxylic acids is 2. The lowest BCUT2D eigenvalue weighted by Crippen LogP contribution is -2.61. The lowest BCUT2D eigenvalue weighted by molar-refractivity contribution is -0.332. The molecular weight excluding hydrogens is 660 g/mol. The molecule has 50 heavy (non-hydrogen) atoms. The van der Waals surface area contributed by atoms with E-state index in [1.807, 2.05) is 6.92 Å². The van der Waals surface area contributed by atoms with Gasteiger partial charge in [-0.1, -0.05) is 90.9 Å². The van der Waals surface area contributed by atoms with Crippen LogP contribution in [0.4, 0.5) is 0 Å². The first-order valence-corrected chi connectivity index (χ1v) is 18.6. The van der Waals surface area contributed by atoms with Crippen molar-refractivity contribution in [1.82, 2.24) is 0 Å². The molecule has 11 atom stereocenters. The van der Waals surface area contributed by atoms with Crippen LogP contribution in [0.15, 0.2) is 0 Å². The molecule has 0 saturated carbocycles. The van der Waals surface area contributed by atoms with Gasteiger partial charge in [0.2, 0.25) is 0 Å². The van der Waals surface area contributed by atoms with Crippen LogP contribution in [0.25, 0.3) is 0 Å². The fraction of sp³-hybridized carbons (Fsp3) is 0.943. The van der Waals surface area contributed by atoms with Gasteiger partial charge < -0.3 is 64.2 Å². The van der Waals surface area contributed by atoms with Gasteiger partial charge in [-0.25, -0.2) is 0 Å². The Labute approximate surface area is 296 Å². The van der Waals surface area contributed by atoms with Crippen molar-refractivity contribution >= 4 is 11.9 Å². The molecule has 0 bridgehead atoms. The van der Waals surface area contributed by atoms with Crippen molar-refractivity contribution in [3.8, 4) is 0 Å². The maximum Gasteiger partial charge on any atom is 0.306 e. The van der Waals surface area contributed by atoms with Crippen LogP contribution in [0.3, 0.4) is 0 Å². The van der Waals surface area contributed by atoms with Gasteiger partial charge in [0.15, 0.2) is 18.7 Å². The summed E-state index contributed by atoms with van der Waals surface area (Å²) in [5.41, 5.74) is 0. The molecule has 294 valence electrons. The molecule has 0 aromatic heterocycles. The third-order valence-electron chi connectivity index (χ3n) is 9.09. The third-order valence-corrected chi connectivity index (χ3v) is 9.09. The lowest BCUT2D eigenvalue weighted by Gasteiger charge is -2.42. The van der Waals surface area contributed by atoms with E-state index in [9.17, 15) is 45.3 Å². The van der Waals surface area contributed by atoms with Crippen molar-refractivity contribution < 1.29 is 73.8 Å². The lowest BCUT2D eigenvalue weighted by atomic mass is 9.98. The Balaban J connectivity index is 1.85. The van der Waals surface area contributed by atoms with Gasteiger partial charge >= 0.3 is 11.9 Å². The summed E-state index contributed by atoms with van der Waals surface area (Å²) < 4.78 is 32.9. The number of unbranched alkanes of at least 4 members (excludes halogenated alkanes) is 12. The first-order valence-electron chi connectivity index (χ1n) is 18.6. The fourth-order valence-electron chi connectivity index (χ4n) is 5.84. The number of ether oxygens (including phenoxy) is 6. The first-order chi connectivity index (χ1) is 24.0. The maximum absolute atomic E-state index is 12.7. The molecule has 0 aromatic carbocycles. The number of carbonyl (C=O) groups is 2. The standard InChI is InChI=1S/C35H64O15/c1-3-5-7-8-9-10-11-12-13-14-15-16-18-27(38)48-23(20-45-26(37)17-6-4-2)21-46-34-33(44)31(42)29(40)25(50-34)22-47-35-32(43)30(41)28(39)24(19-36)49-35/h23-25,28-36,39-44H,3-22H2,1-2H3. The molecule has 0 spiro atoms. The molecule has 7 N–H and O–H groups in total. The summed E-state index contributed by atoms with van der Waals surface area (Å²) in [5.74, 6) is -0.964. The van der Waals surface area contributed by atoms with E-state index in [0.29, 0.717) is 12.8 Å². The smallest absolute Gasteiger partial charge is 0.306 e. The molecule has 2 heterocycles. The highest BCUT2D eigenvalue weighted by Crippen LogP contribution is 2.26. The number of rotatable bonds is 26. The van der Waals surface area contributed by atoms with Crippen LogP contribution in [0.1, 0.15) is 117 Å². The highest BCUT2D eigenvalue weighted by Gasteiger charge is 2.47. The quantitative estimate of drug-likeness (QED) is 0.0493. The summed E-state index contributed by atoms with van der Waals surface area (Å²) in [7, 11) is 0. The molecule has 2 aliphatic heterocycles. The van der Waals surface area contributed by atoms with Crippen LogP contribution in [0.5, 0.6) is 0 Å². The molecule has 0 aliphatic carbocycles. The topological polar surface area (TPSA) is 231 Å². The van der Waals surface area contributed by atoms with E-state index in [0.717, 1.165) is 25.7 Å². The minimum Gasteiger partial charge on any atom is -0.462 e. The fourth-order valence-corrected chi connectivity index (χ4v) is 5.84. The zero-order chi connectivity index (χ0) is 36.9. The normalized spacial score (nSPS) is 30.6. The van der Waals surface area contributed by atoms with Crippen molar-refractivity contribution in [3.05, 3.63) is 0 Å². The van der Waals surface area contributed by atoms with Gasteiger partial charge in [-0.2, -0.15) is 0 Å². The Kier molecular flexibility index (Phi) is 22.8. The van der Waals surface area contributed by atoms with E-state index < -0.39 is 92.7 Å². The molecule has 15 nitrogen and oxygen atoms in total. The van der Waals surface area contributed by atoms with Crippen molar-refractivity contribution in [1.29, 1.82) is 0 Å². The van der Waals surface area contributed by atoms with Gasteiger partial charge in [-0.15, -0.1) is 0 Å². The van der Waals surface area contributed by atoms with Crippen LogP contribution in [0, 0.1) is 0 Å². The number of aliphatic hydroxyl groups excluding tert-OH is 7. The van der Waals surface area contributed by atoms with E-state index in [-0.39, 0.29) is 26.1 Å². The molecule has 2 rings (SSSR count). The summed E-state index contributed by atoms with van der Waals surface area (Å²) in [6, 6.07) is 0. The van der Waals surface area contributed by atoms with Crippen LogP contribution >= 0.6 is 0 Å². The number of aliphatic hydroxyl groups is 7. The average Bonchev–Trinajstić information content (AvgIpc) is 3.11. The third kappa shape index (κ3) is 16.0. The number of esters is 2. The summed E-state index contributed by atoms with van der Waals surface area (Å²) >= 11 is 0. The SMILES string of the molecule is CCCCCCCCCCCCCCC(=O)OC(COC(=O)CCCC)COC1OC(COC2OC(CO)C(O)C(O)C2O)C(O)C(O)C1O. The predicted octanol–water partition coefficient (Wildman–Crippen LogP) is 1.36. The molecule has 11 unspecified atom stereocenters. The molecular formula is C35H64O15. The Morgan fingerprint density at radius 3 is 1.60 bits per heavy atom. The van der Waals surface area contributed by atoms with Crippen molar-refractivity contribution in [2.75, 3.05) is 26.4 Å². The Morgan fingerprint density at radius 2 is 1.04 bits per heavy atom. The van der Waals surface area contributed by atoms with E-state index in [1.54, 1.807) is 0 Å². The molecule has 0 radical (unpaired) electrons. The number of hydrogen-bond donors (Lipinski definition) is 7. The number of hydrogen-bond acceptors (Lipinski definition) is 15. The van der Waals surface area contributed by atoms with E-state index >= 15 is 0 Å². The van der Waals surface area contributed by atoms with Crippen LogP contribution in [-0.2, 0) is 38.0 Å². The van der Waals surface area contributed by atoms with E-state index in [1.165, 1.54) is 51.4 Å². The zero-order valence-corrected chi connectivity index (χ0v) is 29.9. The summed E-state index contributed by atoms with van der Waals surface area (Å²) in [4.78, 5) is 24.9. The van der Waals surface area contributed by atoms with Crippen molar-refractivity contribution in [2.24, 2.45) is 0 Å². The predicted molar refractivity (Wildman–Crippen MR) is 178 cm³/mol. The second kappa shape index (κ2) is 25.5. The molecule has 2 saturated heterocycles. The minimum atomic E-state index is -1.75. The molecule has 2 aliphatic rings.